The minimum atomic E-state index is -0.235. The monoisotopic (exact) mass is 459 g/mol. The highest BCUT2D eigenvalue weighted by Crippen LogP contribution is 2.29. The third-order valence-corrected chi connectivity index (χ3v) is 6.42. The summed E-state index contributed by atoms with van der Waals surface area (Å²) in [6.07, 6.45) is 1.78. The van der Waals surface area contributed by atoms with E-state index >= 15 is 0 Å². The molecule has 0 spiro atoms. The van der Waals surface area contributed by atoms with Crippen LogP contribution in [0.4, 0.5) is 5.69 Å². The van der Waals surface area contributed by atoms with E-state index in [1.165, 1.54) is 11.8 Å². The molecule has 0 aliphatic carbocycles. The molecule has 2 heterocycles. The van der Waals surface area contributed by atoms with Crippen LogP contribution in [0.5, 0.6) is 5.75 Å². The number of rotatable bonds is 7. The summed E-state index contributed by atoms with van der Waals surface area (Å²) in [5, 5.41) is 2.93. The Balaban J connectivity index is 1.43. The molecule has 1 amide bonds. The van der Waals surface area contributed by atoms with Crippen LogP contribution in [0.2, 0.25) is 0 Å². The van der Waals surface area contributed by atoms with Crippen LogP contribution < -0.4 is 15.6 Å². The van der Waals surface area contributed by atoms with Crippen molar-refractivity contribution in [2.45, 2.75) is 31.4 Å². The van der Waals surface area contributed by atoms with Gasteiger partial charge in [-0.25, -0.2) is 4.98 Å². The number of anilines is 1. The summed E-state index contributed by atoms with van der Waals surface area (Å²) in [5.41, 5.74) is 5.04. The van der Waals surface area contributed by atoms with Crippen molar-refractivity contribution >= 4 is 29.0 Å². The number of ether oxygens (including phenoxy) is 1. The molecule has 1 N–H and O–H groups in total. The molecular weight excluding hydrogens is 434 g/mol. The van der Waals surface area contributed by atoms with Gasteiger partial charge in [-0.1, -0.05) is 30.3 Å². The Morgan fingerprint density at radius 2 is 1.88 bits per heavy atom. The van der Waals surface area contributed by atoms with Crippen molar-refractivity contribution in [2.75, 3.05) is 11.9 Å². The van der Waals surface area contributed by atoms with Gasteiger partial charge in [0.05, 0.1) is 11.4 Å². The topological polar surface area (TPSA) is 72.7 Å². The van der Waals surface area contributed by atoms with Gasteiger partial charge in [0.25, 0.3) is 11.5 Å². The first-order valence-electron chi connectivity index (χ1n) is 10.6. The average molecular weight is 460 g/mol. The van der Waals surface area contributed by atoms with Gasteiger partial charge in [0.2, 0.25) is 0 Å². The van der Waals surface area contributed by atoms with Crippen molar-refractivity contribution in [3.05, 3.63) is 99.6 Å². The SMILES string of the molecule is Cc1ccc2nc(CSc3ccccc3NC(=O)COc3cccc(C)c3C)cc(=O)n2c1. The van der Waals surface area contributed by atoms with E-state index in [9.17, 15) is 9.59 Å². The Morgan fingerprint density at radius 1 is 1.06 bits per heavy atom. The van der Waals surface area contributed by atoms with E-state index in [4.69, 9.17) is 4.74 Å². The van der Waals surface area contributed by atoms with Crippen LogP contribution in [0, 0.1) is 20.8 Å². The molecule has 6 nitrogen and oxygen atoms in total. The maximum atomic E-state index is 12.5. The van der Waals surface area contributed by atoms with Crippen molar-refractivity contribution in [1.29, 1.82) is 0 Å². The Labute approximate surface area is 196 Å². The lowest BCUT2D eigenvalue weighted by molar-refractivity contribution is -0.118. The molecule has 0 aliphatic heterocycles. The van der Waals surface area contributed by atoms with Gasteiger partial charge in [-0.2, -0.15) is 0 Å². The minimum absolute atomic E-state index is 0.0777. The standard InChI is InChI=1S/C26H25N3O3S/c1-17-11-12-24-27-20(13-26(31)29(24)14-17)16-33-23-10-5-4-8-21(23)28-25(30)15-32-22-9-6-7-18(2)19(22)3/h4-14H,15-16H2,1-3H3,(H,28,30). The molecule has 4 rings (SSSR count). The molecule has 4 aromatic rings. The van der Waals surface area contributed by atoms with Gasteiger partial charge in [0, 0.05) is 22.9 Å². The first kappa shape index (κ1) is 22.6. The van der Waals surface area contributed by atoms with Crippen molar-refractivity contribution < 1.29 is 9.53 Å². The predicted molar refractivity (Wildman–Crippen MR) is 132 cm³/mol. The zero-order chi connectivity index (χ0) is 23.4. The second kappa shape index (κ2) is 9.92. The molecule has 2 aromatic heterocycles. The third kappa shape index (κ3) is 5.43. The van der Waals surface area contributed by atoms with Gasteiger partial charge < -0.3 is 10.1 Å². The highest BCUT2D eigenvalue weighted by molar-refractivity contribution is 7.98. The Bertz CT molecular complexity index is 1380. The second-order valence-corrected chi connectivity index (χ2v) is 8.86. The Morgan fingerprint density at radius 3 is 2.73 bits per heavy atom. The largest absolute Gasteiger partial charge is 0.483 e. The van der Waals surface area contributed by atoms with E-state index in [1.807, 2.05) is 75.4 Å². The van der Waals surface area contributed by atoms with Crippen LogP contribution in [0.1, 0.15) is 22.4 Å². The first-order chi connectivity index (χ1) is 15.9. The number of thioether (sulfide) groups is 1. The number of nitrogens with one attached hydrogen (secondary N) is 1. The summed E-state index contributed by atoms with van der Waals surface area (Å²) in [4.78, 5) is 30.5. The minimum Gasteiger partial charge on any atom is -0.483 e. The first-order valence-corrected chi connectivity index (χ1v) is 11.6. The molecule has 0 radical (unpaired) electrons. The van der Waals surface area contributed by atoms with E-state index in [-0.39, 0.29) is 18.1 Å². The number of pyridine rings is 1. The summed E-state index contributed by atoms with van der Waals surface area (Å²) in [6.45, 7) is 5.84. The van der Waals surface area contributed by atoms with Gasteiger partial charge in [0.15, 0.2) is 6.61 Å². The number of para-hydroxylation sites is 1. The molecular formula is C26H25N3O3S. The van der Waals surface area contributed by atoms with Crippen molar-refractivity contribution in [3.63, 3.8) is 0 Å². The van der Waals surface area contributed by atoms with E-state index in [0.717, 1.165) is 21.6 Å². The lowest BCUT2D eigenvalue weighted by Gasteiger charge is -2.13. The number of aryl methyl sites for hydroxylation is 2. The average Bonchev–Trinajstić information content (AvgIpc) is 2.80. The molecule has 0 bridgehead atoms. The van der Waals surface area contributed by atoms with Gasteiger partial charge in [0.1, 0.15) is 11.4 Å². The summed E-state index contributed by atoms with van der Waals surface area (Å²) >= 11 is 1.52. The molecule has 0 aliphatic rings. The van der Waals surface area contributed by atoms with Crippen LogP contribution in [0.25, 0.3) is 5.65 Å². The van der Waals surface area contributed by atoms with Crippen molar-refractivity contribution in [2.24, 2.45) is 0 Å². The lowest BCUT2D eigenvalue weighted by atomic mass is 10.1. The Hall–Kier alpha value is -3.58. The molecule has 2 aromatic carbocycles. The summed E-state index contributed by atoms with van der Waals surface area (Å²) in [7, 11) is 0. The van der Waals surface area contributed by atoms with Crippen LogP contribution in [0.15, 0.2) is 76.6 Å². The summed E-state index contributed by atoms with van der Waals surface area (Å²) < 4.78 is 7.27. The molecule has 7 heteroatoms. The highest BCUT2D eigenvalue weighted by atomic mass is 32.2. The van der Waals surface area contributed by atoms with Gasteiger partial charge in [-0.15, -0.1) is 11.8 Å². The fraction of sp³-hybridized carbons (Fsp3) is 0.192. The van der Waals surface area contributed by atoms with Crippen LogP contribution in [0.3, 0.4) is 0 Å². The maximum absolute atomic E-state index is 12.5. The number of hydrogen-bond donors (Lipinski definition) is 1. The number of carbonyl (C=O) groups excluding carboxylic acids is 1. The van der Waals surface area contributed by atoms with Gasteiger partial charge in [-0.05, 0) is 61.7 Å². The molecule has 0 fully saturated rings. The fourth-order valence-electron chi connectivity index (χ4n) is 3.39. The van der Waals surface area contributed by atoms with Crippen LogP contribution >= 0.6 is 11.8 Å². The predicted octanol–water partition coefficient (Wildman–Crippen LogP) is 4.93. The number of carbonyl (C=O) groups is 1. The van der Waals surface area contributed by atoms with E-state index in [2.05, 4.69) is 10.3 Å². The molecule has 0 unspecified atom stereocenters. The number of fused-ring (bicyclic) bond motifs is 1. The van der Waals surface area contributed by atoms with E-state index in [0.29, 0.717) is 28.5 Å². The number of nitrogens with zero attached hydrogens (tertiary/aromatic N) is 2. The van der Waals surface area contributed by atoms with Crippen molar-refractivity contribution in [1.82, 2.24) is 9.38 Å². The zero-order valence-corrected chi connectivity index (χ0v) is 19.6. The van der Waals surface area contributed by atoms with Crippen molar-refractivity contribution in [3.8, 4) is 5.75 Å². The van der Waals surface area contributed by atoms with Gasteiger partial charge >= 0.3 is 0 Å². The van der Waals surface area contributed by atoms with Crippen LogP contribution in [-0.2, 0) is 10.5 Å². The molecule has 0 saturated carbocycles. The molecule has 0 saturated heterocycles. The Kier molecular flexibility index (Phi) is 6.79. The molecule has 168 valence electrons. The van der Waals surface area contributed by atoms with Gasteiger partial charge in [-0.3, -0.25) is 14.0 Å². The van der Waals surface area contributed by atoms with Crippen LogP contribution in [-0.4, -0.2) is 21.9 Å². The highest BCUT2D eigenvalue weighted by Gasteiger charge is 2.11. The summed E-state index contributed by atoms with van der Waals surface area (Å²) in [6, 6.07) is 18.7. The zero-order valence-electron chi connectivity index (χ0n) is 18.8. The lowest BCUT2D eigenvalue weighted by Crippen LogP contribution is -2.20. The maximum Gasteiger partial charge on any atom is 0.262 e. The number of aromatic nitrogens is 2. The fourth-order valence-corrected chi connectivity index (χ4v) is 4.29. The van der Waals surface area contributed by atoms with E-state index < -0.39 is 0 Å². The molecule has 0 atom stereocenters. The quantitative estimate of drug-likeness (QED) is 0.397. The number of benzene rings is 2. The number of hydrogen-bond acceptors (Lipinski definition) is 5. The smallest absolute Gasteiger partial charge is 0.262 e. The normalized spacial score (nSPS) is 10.9. The number of amides is 1. The third-order valence-electron chi connectivity index (χ3n) is 5.31. The second-order valence-electron chi connectivity index (χ2n) is 7.84. The summed E-state index contributed by atoms with van der Waals surface area (Å²) in [5.74, 6) is 0.976. The van der Waals surface area contributed by atoms with E-state index in [1.54, 1.807) is 16.7 Å². The molecule has 33 heavy (non-hydrogen) atoms.